The molecule has 0 aliphatic carbocycles. The Bertz CT molecular complexity index is 737. The number of ether oxygens (including phenoxy) is 1. The van der Waals surface area contributed by atoms with Crippen LogP contribution in [-0.4, -0.2) is 45.2 Å². The average Bonchev–Trinajstić information content (AvgIpc) is 2.46. The lowest BCUT2D eigenvalue weighted by Crippen LogP contribution is -2.25. The van der Waals surface area contributed by atoms with Gasteiger partial charge in [-0.05, 0) is 19.1 Å². The predicted molar refractivity (Wildman–Crippen MR) is 82.8 cm³/mol. The molecular formula is C15H16F3NO4S. The molecule has 0 aromatic heterocycles. The van der Waals surface area contributed by atoms with Crippen LogP contribution >= 0.6 is 0 Å². The lowest BCUT2D eigenvalue weighted by Gasteiger charge is -2.13. The smallest absolute Gasteiger partial charge is 0.433 e. The molecule has 1 aromatic carbocycles. The predicted octanol–water partition coefficient (Wildman–Crippen LogP) is 2.56. The number of carbonyl (C=O) groups is 1. The molecule has 0 amide bonds. The second-order valence-corrected chi connectivity index (χ2v) is 6.86. The second-order valence-electron chi connectivity index (χ2n) is 4.83. The molecular weight excluding hydrogens is 347 g/mol. The summed E-state index contributed by atoms with van der Waals surface area (Å²) in [7, 11) is -2.83. The summed E-state index contributed by atoms with van der Waals surface area (Å²) in [5, 5.41) is 0. The molecule has 0 fully saturated rings. The molecule has 1 aromatic rings. The van der Waals surface area contributed by atoms with E-state index < -0.39 is 39.6 Å². The average molecular weight is 363 g/mol. The number of hydrogen-bond acceptors (Lipinski definition) is 5. The van der Waals surface area contributed by atoms with Crippen LogP contribution in [0.1, 0.15) is 12.5 Å². The van der Waals surface area contributed by atoms with Crippen molar-refractivity contribution in [2.75, 3.05) is 12.8 Å². The number of halogens is 3. The fourth-order valence-corrected chi connectivity index (χ4v) is 3.35. The summed E-state index contributed by atoms with van der Waals surface area (Å²) in [5.41, 5.74) is -1.34. The van der Waals surface area contributed by atoms with Gasteiger partial charge >= 0.3 is 12.1 Å². The molecule has 0 heterocycles. The minimum Gasteiger partial charge on any atom is -0.458 e. The number of benzene rings is 1. The third-order valence-electron chi connectivity index (χ3n) is 2.92. The first-order chi connectivity index (χ1) is 11.0. The van der Waals surface area contributed by atoms with E-state index >= 15 is 0 Å². The fourth-order valence-electron chi connectivity index (χ4n) is 1.93. The zero-order chi connectivity index (χ0) is 18.5. The van der Waals surface area contributed by atoms with Crippen molar-refractivity contribution in [1.82, 2.24) is 0 Å². The molecule has 0 saturated carbocycles. The number of sulfone groups is 1. The van der Waals surface area contributed by atoms with E-state index in [4.69, 9.17) is 4.74 Å². The Kier molecular flexibility index (Phi) is 6.30. The minimum atomic E-state index is -4.64. The van der Waals surface area contributed by atoms with Gasteiger partial charge in [-0.3, -0.25) is 4.99 Å². The van der Waals surface area contributed by atoms with Crippen LogP contribution in [-0.2, 0) is 19.4 Å². The third-order valence-corrected chi connectivity index (χ3v) is 4.82. The maximum absolute atomic E-state index is 12.8. The zero-order valence-corrected chi connectivity index (χ0v) is 13.8. The van der Waals surface area contributed by atoms with E-state index in [-0.39, 0.29) is 10.5 Å². The van der Waals surface area contributed by atoms with Gasteiger partial charge in [0.2, 0.25) is 0 Å². The molecule has 0 N–H and O–H groups in total. The Morgan fingerprint density at radius 2 is 1.88 bits per heavy atom. The number of nitrogens with zero attached hydrogens (tertiary/aromatic N) is 1. The largest absolute Gasteiger partial charge is 0.458 e. The Labute approximate surface area is 137 Å². The van der Waals surface area contributed by atoms with Gasteiger partial charge in [0.05, 0.1) is 10.6 Å². The topological polar surface area (TPSA) is 72.8 Å². The highest BCUT2D eigenvalue weighted by Crippen LogP contribution is 2.24. The van der Waals surface area contributed by atoms with Crippen molar-refractivity contribution in [3.05, 3.63) is 42.5 Å². The van der Waals surface area contributed by atoms with Crippen LogP contribution in [0.15, 0.2) is 46.8 Å². The van der Waals surface area contributed by atoms with Gasteiger partial charge in [0, 0.05) is 18.7 Å². The molecule has 0 saturated heterocycles. The van der Waals surface area contributed by atoms with Crippen molar-refractivity contribution >= 4 is 21.5 Å². The summed E-state index contributed by atoms with van der Waals surface area (Å²) in [5.74, 6) is -1.26. The van der Waals surface area contributed by atoms with Gasteiger partial charge in [0.15, 0.2) is 9.84 Å². The molecule has 0 bridgehead atoms. The van der Waals surface area contributed by atoms with E-state index in [1.54, 1.807) is 0 Å². The van der Waals surface area contributed by atoms with Gasteiger partial charge in [0.1, 0.15) is 11.8 Å². The lowest BCUT2D eigenvalue weighted by molar-refractivity contribution is -0.141. The molecule has 1 atom stereocenters. The van der Waals surface area contributed by atoms with Gasteiger partial charge < -0.3 is 4.74 Å². The Morgan fingerprint density at radius 1 is 1.33 bits per heavy atom. The summed E-state index contributed by atoms with van der Waals surface area (Å²) in [6.45, 7) is 4.58. The number of rotatable bonds is 6. The molecule has 132 valence electrons. The second kappa shape index (κ2) is 7.61. The SMILES string of the molecule is C=CC(=O)OC(C)CS(=O)(=O)c1ccc(C(=NC)C(F)(F)F)cc1. The van der Waals surface area contributed by atoms with E-state index in [0.717, 1.165) is 37.4 Å². The van der Waals surface area contributed by atoms with Gasteiger partial charge in [-0.2, -0.15) is 13.2 Å². The summed E-state index contributed by atoms with van der Waals surface area (Å²) < 4.78 is 67.4. The molecule has 5 nitrogen and oxygen atoms in total. The molecule has 9 heteroatoms. The molecule has 1 unspecified atom stereocenters. The maximum atomic E-state index is 12.8. The molecule has 24 heavy (non-hydrogen) atoms. The molecule has 0 radical (unpaired) electrons. The fraction of sp³-hybridized carbons (Fsp3) is 0.333. The number of esters is 1. The van der Waals surface area contributed by atoms with E-state index in [9.17, 15) is 26.4 Å². The van der Waals surface area contributed by atoms with Gasteiger partial charge in [0.25, 0.3) is 0 Å². The molecule has 1 rings (SSSR count). The number of carbonyl (C=O) groups excluding carboxylic acids is 1. The molecule has 0 spiro atoms. The highest BCUT2D eigenvalue weighted by Gasteiger charge is 2.36. The third kappa shape index (κ3) is 5.19. The number of alkyl halides is 3. The monoisotopic (exact) mass is 363 g/mol. The van der Waals surface area contributed by atoms with Crippen LogP contribution in [0.5, 0.6) is 0 Å². The summed E-state index contributed by atoms with van der Waals surface area (Å²) in [4.78, 5) is 14.0. The van der Waals surface area contributed by atoms with Crippen molar-refractivity contribution < 1.29 is 31.1 Å². The van der Waals surface area contributed by atoms with E-state index in [0.29, 0.717) is 0 Å². The quantitative estimate of drug-likeness (QED) is 0.442. The van der Waals surface area contributed by atoms with Gasteiger partial charge in [-0.1, -0.05) is 18.7 Å². The van der Waals surface area contributed by atoms with Crippen LogP contribution in [0, 0.1) is 0 Å². The van der Waals surface area contributed by atoms with Crippen molar-refractivity contribution in [2.24, 2.45) is 4.99 Å². The van der Waals surface area contributed by atoms with E-state index in [1.165, 1.54) is 6.92 Å². The van der Waals surface area contributed by atoms with Crippen molar-refractivity contribution in [3.8, 4) is 0 Å². The van der Waals surface area contributed by atoms with Crippen LogP contribution < -0.4 is 0 Å². The first-order valence-electron chi connectivity index (χ1n) is 6.71. The highest BCUT2D eigenvalue weighted by atomic mass is 32.2. The van der Waals surface area contributed by atoms with Crippen LogP contribution in [0.4, 0.5) is 13.2 Å². The van der Waals surface area contributed by atoms with E-state index in [1.807, 2.05) is 0 Å². The van der Waals surface area contributed by atoms with Crippen molar-refractivity contribution in [2.45, 2.75) is 24.1 Å². The molecule has 0 aliphatic rings. The normalized spacial score (nSPS) is 14.1. The van der Waals surface area contributed by atoms with Crippen LogP contribution in [0.2, 0.25) is 0 Å². The Balaban J connectivity index is 2.99. The number of aliphatic imine (C=N–C) groups is 1. The van der Waals surface area contributed by atoms with Crippen molar-refractivity contribution in [1.29, 1.82) is 0 Å². The lowest BCUT2D eigenvalue weighted by atomic mass is 10.1. The first-order valence-corrected chi connectivity index (χ1v) is 8.36. The minimum absolute atomic E-state index is 0.176. The van der Waals surface area contributed by atoms with Crippen molar-refractivity contribution in [3.63, 3.8) is 0 Å². The summed E-state index contributed by atoms with van der Waals surface area (Å²) in [6, 6.07) is 4.18. The highest BCUT2D eigenvalue weighted by molar-refractivity contribution is 7.91. The van der Waals surface area contributed by atoms with Crippen LogP contribution in [0.3, 0.4) is 0 Å². The zero-order valence-electron chi connectivity index (χ0n) is 13.0. The van der Waals surface area contributed by atoms with Crippen LogP contribution in [0.25, 0.3) is 0 Å². The van der Waals surface area contributed by atoms with E-state index in [2.05, 4.69) is 11.6 Å². The van der Waals surface area contributed by atoms with Gasteiger partial charge in [-0.25, -0.2) is 13.2 Å². The Morgan fingerprint density at radius 3 is 2.29 bits per heavy atom. The standard InChI is InChI=1S/C15H16F3NO4S/c1-4-13(20)23-10(2)9-24(21,22)12-7-5-11(6-8-12)14(19-3)15(16,17)18/h4-8,10H,1,9H2,2-3H3. The van der Waals surface area contributed by atoms with Gasteiger partial charge in [-0.15, -0.1) is 0 Å². The Hall–Kier alpha value is -2.16. The molecule has 0 aliphatic heterocycles. The number of hydrogen-bond donors (Lipinski definition) is 0. The first kappa shape index (κ1) is 19.9. The summed E-state index contributed by atoms with van der Waals surface area (Å²) >= 11 is 0. The summed E-state index contributed by atoms with van der Waals surface area (Å²) in [6.07, 6.45) is -4.66. The maximum Gasteiger partial charge on any atom is 0.433 e.